The van der Waals surface area contributed by atoms with Crippen molar-refractivity contribution >= 4 is 22.9 Å². The average molecular weight is 236 g/mol. The highest BCUT2D eigenvalue weighted by Gasteiger charge is 2.08. The first-order valence-corrected chi connectivity index (χ1v) is 5.26. The van der Waals surface area contributed by atoms with E-state index in [0.29, 0.717) is 23.7 Å². The van der Waals surface area contributed by atoms with Gasteiger partial charge in [0.1, 0.15) is 4.99 Å². The minimum absolute atomic E-state index is 0.330. The molecule has 2 aromatic heterocycles. The molecule has 84 valence electrons. The number of pyridine rings is 1. The van der Waals surface area contributed by atoms with Gasteiger partial charge in [-0.1, -0.05) is 12.2 Å². The zero-order valence-electron chi connectivity index (χ0n) is 8.88. The van der Waals surface area contributed by atoms with Crippen molar-refractivity contribution in [3.63, 3.8) is 0 Å². The molecule has 0 saturated carbocycles. The molecule has 0 aromatic carbocycles. The van der Waals surface area contributed by atoms with Crippen molar-refractivity contribution in [2.45, 2.75) is 6.42 Å². The largest absolute Gasteiger partial charge is 0.389 e. The Morgan fingerprint density at radius 3 is 3.12 bits per heavy atom. The van der Waals surface area contributed by atoms with Gasteiger partial charge in [-0.2, -0.15) is 5.10 Å². The van der Waals surface area contributed by atoms with E-state index in [2.05, 4.69) is 10.1 Å². The standard InChI is InChI=1S/C10H12N4OS/c1-15-6-4-8-12-10-7(9(11)16)3-2-5-14(10)13-8/h2-3,5H,4,6H2,1H3,(H2,11,16). The quantitative estimate of drug-likeness (QED) is 0.785. The van der Waals surface area contributed by atoms with Crippen molar-refractivity contribution in [2.75, 3.05) is 13.7 Å². The van der Waals surface area contributed by atoms with Gasteiger partial charge in [-0.3, -0.25) is 0 Å². The van der Waals surface area contributed by atoms with Gasteiger partial charge in [0, 0.05) is 19.7 Å². The number of hydrogen-bond acceptors (Lipinski definition) is 4. The summed E-state index contributed by atoms with van der Waals surface area (Å²) in [5, 5.41) is 4.30. The van der Waals surface area contributed by atoms with E-state index >= 15 is 0 Å². The second-order valence-corrected chi connectivity index (χ2v) is 3.76. The molecule has 2 N–H and O–H groups in total. The van der Waals surface area contributed by atoms with Crippen LogP contribution in [0.3, 0.4) is 0 Å². The molecule has 0 aliphatic rings. The molecule has 2 aromatic rings. The van der Waals surface area contributed by atoms with Gasteiger partial charge in [0.2, 0.25) is 0 Å². The van der Waals surface area contributed by atoms with Gasteiger partial charge < -0.3 is 10.5 Å². The molecule has 0 fully saturated rings. The van der Waals surface area contributed by atoms with Crippen LogP contribution in [0.5, 0.6) is 0 Å². The van der Waals surface area contributed by atoms with Crippen LogP contribution < -0.4 is 5.73 Å². The van der Waals surface area contributed by atoms with Crippen LogP contribution in [0.4, 0.5) is 0 Å². The number of rotatable bonds is 4. The molecule has 0 amide bonds. The van der Waals surface area contributed by atoms with Crippen LogP contribution in [-0.4, -0.2) is 33.3 Å². The minimum Gasteiger partial charge on any atom is -0.389 e. The Labute approximate surface area is 98.2 Å². The summed E-state index contributed by atoms with van der Waals surface area (Å²) in [6, 6.07) is 3.68. The summed E-state index contributed by atoms with van der Waals surface area (Å²) in [7, 11) is 1.65. The average Bonchev–Trinajstić information content (AvgIpc) is 2.68. The summed E-state index contributed by atoms with van der Waals surface area (Å²) in [5.41, 5.74) is 7.05. The molecule has 16 heavy (non-hydrogen) atoms. The van der Waals surface area contributed by atoms with Crippen molar-refractivity contribution in [3.05, 3.63) is 29.7 Å². The summed E-state index contributed by atoms with van der Waals surface area (Å²) in [6.07, 6.45) is 2.50. The fourth-order valence-electron chi connectivity index (χ4n) is 1.44. The normalized spacial score (nSPS) is 10.8. The van der Waals surface area contributed by atoms with Gasteiger partial charge in [0.25, 0.3) is 0 Å². The van der Waals surface area contributed by atoms with Crippen LogP contribution in [0.25, 0.3) is 5.65 Å². The van der Waals surface area contributed by atoms with Crippen LogP contribution in [0.2, 0.25) is 0 Å². The Hall–Kier alpha value is -1.53. The molecule has 0 aliphatic heterocycles. The molecule has 0 unspecified atom stereocenters. The number of hydrogen-bond donors (Lipinski definition) is 1. The predicted molar refractivity (Wildman–Crippen MR) is 64.5 cm³/mol. The Balaban J connectivity index is 2.44. The second-order valence-electron chi connectivity index (χ2n) is 3.33. The van der Waals surface area contributed by atoms with Gasteiger partial charge in [-0.05, 0) is 12.1 Å². The molecule has 5 nitrogen and oxygen atoms in total. The van der Waals surface area contributed by atoms with Crippen molar-refractivity contribution in [1.29, 1.82) is 0 Å². The maximum atomic E-state index is 5.61. The first-order valence-electron chi connectivity index (χ1n) is 4.85. The summed E-state index contributed by atoms with van der Waals surface area (Å²) in [5.74, 6) is 0.727. The third-order valence-electron chi connectivity index (χ3n) is 2.20. The fourth-order valence-corrected chi connectivity index (χ4v) is 1.60. The van der Waals surface area contributed by atoms with Gasteiger partial charge in [0.05, 0.1) is 12.2 Å². The zero-order chi connectivity index (χ0) is 11.5. The second kappa shape index (κ2) is 4.54. The van der Waals surface area contributed by atoms with Crippen LogP contribution >= 0.6 is 12.2 Å². The summed E-state index contributed by atoms with van der Waals surface area (Å²) >= 11 is 4.96. The van der Waals surface area contributed by atoms with Crippen LogP contribution in [0, 0.1) is 0 Å². The Morgan fingerprint density at radius 1 is 1.62 bits per heavy atom. The smallest absolute Gasteiger partial charge is 0.165 e. The Kier molecular flexibility index (Phi) is 3.12. The number of methoxy groups -OCH3 is 1. The molecule has 0 radical (unpaired) electrons. The molecular weight excluding hydrogens is 224 g/mol. The van der Waals surface area contributed by atoms with E-state index in [9.17, 15) is 0 Å². The highest BCUT2D eigenvalue weighted by atomic mass is 32.1. The lowest BCUT2D eigenvalue weighted by Gasteiger charge is -1.98. The lowest BCUT2D eigenvalue weighted by molar-refractivity contribution is 0.200. The summed E-state index contributed by atoms with van der Waals surface area (Å²) in [4.78, 5) is 4.71. The molecular formula is C10H12N4OS. The molecule has 0 atom stereocenters. The molecule has 0 saturated heterocycles. The summed E-state index contributed by atoms with van der Waals surface area (Å²) in [6.45, 7) is 0.597. The number of ether oxygens (including phenoxy) is 1. The number of aromatic nitrogens is 3. The molecule has 2 rings (SSSR count). The zero-order valence-corrected chi connectivity index (χ0v) is 9.70. The molecule has 0 bridgehead atoms. The number of thiocarbonyl (C=S) groups is 1. The maximum absolute atomic E-state index is 5.61. The topological polar surface area (TPSA) is 65.4 Å². The lowest BCUT2D eigenvalue weighted by atomic mass is 10.3. The first kappa shape index (κ1) is 11.0. The first-order chi connectivity index (χ1) is 7.72. The molecule has 0 spiro atoms. The predicted octanol–water partition coefficient (Wildman–Crippen LogP) is 0.552. The summed E-state index contributed by atoms with van der Waals surface area (Å²) < 4.78 is 6.66. The number of nitrogens with two attached hydrogens (primary N) is 1. The Bertz CT molecular complexity index is 523. The van der Waals surface area contributed by atoms with Crippen molar-refractivity contribution < 1.29 is 4.74 Å². The van der Waals surface area contributed by atoms with Crippen molar-refractivity contribution in [2.24, 2.45) is 5.73 Å². The van der Waals surface area contributed by atoms with Gasteiger partial charge in [-0.25, -0.2) is 9.50 Å². The van der Waals surface area contributed by atoms with E-state index in [-0.39, 0.29) is 0 Å². The van der Waals surface area contributed by atoms with E-state index in [1.54, 1.807) is 11.6 Å². The van der Waals surface area contributed by atoms with Crippen LogP contribution in [0.15, 0.2) is 18.3 Å². The number of fused-ring (bicyclic) bond motifs is 1. The SMILES string of the molecule is COCCc1nc2c(C(N)=S)cccn2n1. The monoisotopic (exact) mass is 236 g/mol. The van der Waals surface area contributed by atoms with Gasteiger partial charge in [-0.15, -0.1) is 0 Å². The third-order valence-corrected chi connectivity index (χ3v) is 2.42. The minimum atomic E-state index is 0.330. The Morgan fingerprint density at radius 2 is 2.44 bits per heavy atom. The van der Waals surface area contributed by atoms with Gasteiger partial charge >= 0.3 is 0 Å². The van der Waals surface area contributed by atoms with E-state index in [0.717, 1.165) is 11.4 Å². The van der Waals surface area contributed by atoms with E-state index in [4.69, 9.17) is 22.7 Å². The molecule has 6 heteroatoms. The maximum Gasteiger partial charge on any atom is 0.165 e. The van der Waals surface area contributed by atoms with E-state index in [1.807, 2.05) is 18.3 Å². The van der Waals surface area contributed by atoms with Crippen molar-refractivity contribution in [1.82, 2.24) is 14.6 Å². The van der Waals surface area contributed by atoms with E-state index in [1.165, 1.54) is 0 Å². The lowest BCUT2D eigenvalue weighted by Crippen LogP contribution is -2.11. The fraction of sp³-hybridized carbons (Fsp3) is 0.300. The van der Waals surface area contributed by atoms with Crippen molar-refractivity contribution in [3.8, 4) is 0 Å². The highest BCUT2D eigenvalue weighted by Crippen LogP contribution is 2.09. The van der Waals surface area contributed by atoms with E-state index < -0.39 is 0 Å². The number of nitrogens with zero attached hydrogens (tertiary/aromatic N) is 3. The van der Waals surface area contributed by atoms with Crippen LogP contribution in [-0.2, 0) is 11.2 Å². The molecule has 0 aliphatic carbocycles. The molecule has 2 heterocycles. The van der Waals surface area contributed by atoms with Crippen LogP contribution in [0.1, 0.15) is 11.4 Å². The van der Waals surface area contributed by atoms with Gasteiger partial charge in [0.15, 0.2) is 11.5 Å². The highest BCUT2D eigenvalue weighted by molar-refractivity contribution is 7.80. The third kappa shape index (κ3) is 2.02.